The molecule has 0 aliphatic carbocycles. The Morgan fingerprint density at radius 3 is 1.93 bits per heavy atom. The summed E-state index contributed by atoms with van der Waals surface area (Å²) in [5.74, 6) is -1.39. The van der Waals surface area contributed by atoms with Crippen LogP contribution in [-0.4, -0.2) is 23.0 Å². The van der Waals surface area contributed by atoms with Crippen molar-refractivity contribution in [3.63, 3.8) is 0 Å². The zero-order valence-electron chi connectivity index (χ0n) is 16.6. The molecule has 0 saturated carbocycles. The maximum absolute atomic E-state index is 13.5. The van der Waals surface area contributed by atoms with E-state index in [0.717, 1.165) is 22.3 Å². The highest BCUT2D eigenvalue weighted by Crippen LogP contribution is 2.32. The number of carbonyl (C=O) groups excluding carboxylic acids is 1. The summed E-state index contributed by atoms with van der Waals surface area (Å²) in [6.45, 7) is 3.79. The quantitative estimate of drug-likeness (QED) is 0.641. The van der Waals surface area contributed by atoms with Crippen LogP contribution in [0.1, 0.15) is 29.2 Å². The van der Waals surface area contributed by atoms with E-state index in [9.17, 15) is 14.7 Å². The van der Waals surface area contributed by atoms with Crippen molar-refractivity contribution in [2.75, 3.05) is 0 Å². The SMILES string of the molecule is Cc1cccc(C[C@@H](NC(=O)C(C)(c2ccccc2)c2ccccc2)C(=O)O)c1. The minimum Gasteiger partial charge on any atom is -0.480 e. The summed E-state index contributed by atoms with van der Waals surface area (Å²) in [5.41, 5.74) is 2.53. The van der Waals surface area contributed by atoms with E-state index in [1.807, 2.05) is 98.8 Å². The lowest BCUT2D eigenvalue weighted by atomic mass is 9.75. The second kappa shape index (κ2) is 8.74. The number of aliphatic carboxylic acids is 1. The van der Waals surface area contributed by atoms with E-state index in [1.165, 1.54) is 0 Å². The molecule has 3 aromatic rings. The van der Waals surface area contributed by atoms with Crippen LogP contribution < -0.4 is 5.32 Å². The van der Waals surface area contributed by atoms with Gasteiger partial charge < -0.3 is 10.4 Å². The van der Waals surface area contributed by atoms with E-state index in [0.29, 0.717) is 0 Å². The van der Waals surface area contributed by atoms with Crippen LogP contribution in [0.25, 0.3) is 0 Å². The highest BCUT2D eigenvalue weighted by Gasteiger charge is 2.38. The Balaban J connectivity index is 1.94. The lowest BCUT2D eigenvalue weighted by Crippen LogP contribution is -2.50. The monoisotopic (exact) mass is 387 g/mol. The number of hydrogen-bond acceptors (Lipinski definition) is 2. The Morgan fingerprint density at radius 1 is 0.897 bits per heavy atom. The van der Waals surface area contributed by atoms with Gasteiger partial charge in [0.15, 0.2) is 0 Å². The van der Waals surface area contributed by atoms with Gasteiger partial charge in [0.25, 0.3) is 0 Å². The van der Waals surface area contributed by atoms with Crippen molar-refractivity contribution in [1.29, 1.82) is 0 Å². The predicted molar refractivity (Wildman–Crippen MR) is 114 cm³/mol. The molecule has 0 aliphatic rings. The number of benzene rings is 3. The molecule has 0 aromatic heterocycles. The minimum atomic E-state index is -1.05. The number of hydrogen-bond donors (Lipinski definition) is 2. The zero-order chi connectivity index (χ0) is 20.9. The normalized spacial score (nSPS) is 12.2. The molecule has 3 aromatic carbocycles. The van der Waals surface area contributed by atoms with Crippen molar-refractivity contribution in [3.8, 4) is 0 Å². The first-order valence-electron chi connectivity index (χ1n) is 9.61. The fourth-order valence-corrected chi connectivity index (χ4v) is 3.55. The molecule has 0 aliphatic heterocycles. The van der Waals surface area contributed by atoms with Gasteiger partial charge in [-0.1, -0.05) is 90.5 Å². The molecule has 0 unspecified atom stereocenters. The summed E-state index contributed by atoms with van der Waals surface area (Å²) in [4.78, 5) is 25.4. The summed E-state index contributed by atoms with van der Waals surface area (Å²) >= 11 is 0. The Morgan fingerprint density at radius 2 is 1.45 bits per heavy atom. The molecule has 4 nitrogen and oxygen atoms in total. The topological polar surface area (TPSA) is 66.4 Å². The molecule has 0 spiro atoms. The number of carboxylic acids is 1. The van der Waals surface area contributed by atoms with Crippen LogP contribution in [0.15, 0.2) is 84.9 Å². The zero-order valence-corrected chi connectivity index (χ0v) is 16.6. The van der Waals surface area contributed by atoms with Crippen LogP contribution in [0, 0.1) is 6.92 Å². The molecular formula is C25H25NO3. The number of carbonyl (C=O) groups is 2. The van der Waals surface area contributed by atoms with Crippen LogP contribution >= 0.6 is 0 Å². The standard InChI is InChI=1S/C25H25NO3/c1-18-10-9-11-19(16-18)17-22(23(27)28)26-24(29)25(2,20-12-5-3-6-13-20)21-14-7-4-8-15-21/h3-16,22H,17H2,1-2H3,(H,26,29)(H,27,28)/t22-/m1/s1. The highest BCUT2D eigenvalue weighted by molar-refractivity contribution is 5.94. The number of nitrogens with one attached hydrogen (secondary N) is 1. The van der Waals surface area contributed by atoms with Crippen molar-refractivity contribution in [2.45, 2.75) is 31.7 Å². The molecule has 0 saturated heterocycles. The van der Waals surface area contributed by atoms with Gasteiger partial charge in [-0.2, -0.15) is 0 Å². The summed E-state index contributed by atoms with van der Waals surface area (Å²) in [6.07, 6.45) is 0.225. The summed E-state index contributed by atoms with van der Waals surface area (Å²) in [7, 11) is 0. The summed E-state index contributed by atoms with van der Waals surface area (Å²) in [6, 6.07) is 25.5. The van der Waals surface area contributed by atoms with Crippen LogP contribution in [0.4, 0.5) is 0 Å². The van der Waals surface area contributed by atoms with Gasteiger partial charge in [-0.3, -0.25) is 4.79 Å². The number of rotatable bonds is 7. The van der Waals surface area contributed by atoms with Gasteiger partial charge >= 0.3 is 5.97 Å². The average molecular weight is 387 g/mol. The third-order valence-corrected chi connectivity index (χ3v) is 5.28. The largest absolute Gasteiger partial charge is 0.480 e. The second-order valence-electron chi connectivity index (χ2n) is 7.41. The fraction of sp³-hybridized carbons (Fsp3) is 0.200. The first kappa shape index (κ1) is 20.3. The maximum Gasteiger partial charge on any atom is 0.326 e. The first-order chi connectivity index (χ1) is 13.9. The van der Waals surface area contributed by atoms with E-state index in [1.54, 1.807) is 0 Å². The Bertz CT molecular complexity index is 944. The molecule has 4 heteroatoms. The van der Waals surface area contributed by atoms with E-state index in [-0.39, 0.29) is 12.3 Å². The van der Waals surface area contributed by atoms with Crippen LogP contribution in [-0.2, 0) is 21.4 Å². The van der Waals surface area contributed by atoms with Crippen molar-refractivity contribution in [3.05, 3.63) is 107 Å². The van der Waals surface area contributed by atoms with E-state index >= 15 is 0 Å². The smallest absolute Gasteiger partial charge is 0.326 e. The molecule has 0 bridgehead atoms. The van der Waals surface area contributed by atoms with Crippen LogP contribution in [0.2, 0.25) is 0 Å². The van der Waals surface area contributed by atoms with E-state index < -0.39 is 17.4 Å². The number of amides is 1. The van der Waals surface area contributed by atoms with Crippen LogP contribution in [0.3, 0.4) is 0 Å². The molecule has 0 heterocycles. The molecule has 0 radical (unpaired) electrons. The molecule has 29 heavy (non-hydrogen) atoms. The predicted octanol–water partition coefficient (Wildman–Crippen LogP) is 4.11. The lowest BCUT2D eigenvalue weighted by Gasteiger charge is -2.31. The highest BCUT2D eigenvalue weighted by atomic mass is 16.4. The lowest BCUT2D eigenvalue weighted by molar-refractivity contribution is -0.142. The van der Waals surface area contributed by atoms with Gasteiger partial charge in [0.2, 0.25) is 5.91 Å². The molecule has 3 rings (SSSR count). The fourth-order valence-electron chi connectivity index (χ4n) is 3.55. The molecular weight excluding hydrogens is 362 g/mol. The molecule has 0 fully saturated rings. The van der Waals surface area contributed by atoms with Gasteiger partial charge in [-0.15, -0.1) is 0 Å². The Hall–Kier alpha value is -3.40. The minimum absolute atomic E-state index is 0.225. The Kier molecular flexibility index (Phi) is 6.13. The number of aryl methyl sites for hydroxylation is 1. The molecule has 1 atom stereocenters. The third-order valence-electron chi connectivity index (χ3n) is 5.28. The number of carboxylic acid groups (broad SMARTS) is 1. The maximum atomic E-state index is 13.5. The van der Waals surface area contributed by atoms with E-state index in [4.69, 9.17) is 0 Å². The molecule has 148 valence electrons. The molecule has 1 amide bonds. The van der Waals surface area contributed by atoms with Gasteiger partial charge in [0.1, 0.15) is 6.04 Å². The Labute approximate surface area is 171 Å². The second-order valence-corrected chi connectivity index (χ2v) is 7.41. The third kappa shape index (κ3) is 4.54. The van der Waals surface area contributed by atoms with Crippen molar-refractivity contribution in [2.24, 2.45) is 0 Å². The first-order valence-corrected chi connectivity index (χ1v) is 9.61. The van der Waals surface area contributed by atoms with Crippen molar-refractivity contribution >= 4 is 11.9 Å². The molecule has 2 N–H and O–H groups in total. The van der Waals surface area contributed by atoms with E-state index in [2.05, 4.69) is 5.32 Å². The van der Waals surface area contributed by atoms with Crippen molar-refractivity contribution in [1.82, 2.24) is 5.32 Å². The van der Waals surface area contributed by atoms with Crippen LogP contribution in [0.5, 0.6) is 0 Å². The van der Waals surface area contributed by atoms with Crippen molar-refractivity contribution < 1.29 is 14.7 Å². The average Bonchev–Trinajstić information content (AvgIpc) is 2.73. The summed E-state index contributed by atoms with van der Waals surface area (Å²) < 4.78 is 0. The van der Waals surface area contributed by atoms with Gasteiger partial charge in [-0.25, -0.2) is 4.79 Å². The summed E-state index contributed by atoms with van der Waals surface area (Å²) in [5, 5.41) is 12.5. The van der Waals surface area contributed by atoms with Gasteiger partial charge in [0.05, 0.1) is 5.41 Å². The van der Waals surface area contributed by atoms with Gasteiger partial charge in [-0.05, 0) is 30.5 Å². The van der Waals surface area contributed by atoms with Gasteiger partial charge in [0, 0.05) is 6.42 Å².